The number of halogens is 1. The molecule has 0 heterocycles. The van der Waals surface area contributed by atoms with E-state index in [0.717, 1.165) is 0 Å². The van der Waals surface area contributed by atoms with Gasteiger partial charge >= 0.3 is 0 Å². The molecule has 0 fully saturated rings. The third-order valence-corrected chi connectivity index (χ3v) is 2.48. The number of hydrogen-bond donors (Lipinski definition) is 4. The van der Waals surface area contributed by atoms with E-state index in [2.05, 4.69) is 5.32 Å². The molecule has 1 aromatic rings. The van der Waals surface area contributed by atoms with Crippen LogP contribution in [-0.2, 0) is 0 Å². The lowest BCUT2D eigenvalue weighted by atomic mass is 10.1. The molecule has 2 unspecified atom stereocenters. The molecule has 0 aliphatic carbocycles. The summed E-state index contributed by atoms with van der Waals surface area (Å²) in [6, 6.07) is 5.51. The molecule has 0 aromatic heterocycles. The normalized spacial score (nSPS) is 15.8. The maximum absolute atomic E-state index is 12.6. The molecule has 108 valence electrons. The van der Waals surface area contributed by atoms with E-state index < -0.39 is 11.7 Å². The molecule has 1 aromatic carbocycles. The van der Waals surface area contributed by atoms with Gasteiger partial charge in [-0.1, -0.05) is 0 Å². The van der Waals surface area contributed by atoms with E-state index >= 15 is 0 Å². The molecular weight excluding hydrogens is 253 g/mol. The molecule has 0 spiro atoms. The first kappa shape index (κ1) is 15.8. The molecule has 0 saturated carbocycles. The van der Waals surface area contributed by atoms with Gasteiger partial charge in [0.15, 0.2) is 0 Å². The van der Waals surface area contributed by atoms with E-state index in [1.54, 1.807) is 0 Å². The smallest absolute Gasteiger partial charge is 0.123 e. The van der Waals surface area contributed by atoms with Crippen LogP contribution in [0.3, 0.4) is 0 Å². The number of nitrogens with one attached hydrogen (secondary N) is 1. The molecule has 0 radical (unpaired) electrons. The van der Waals surface area contributed by atoms with Crippen LogP contribution in [0.2, 0.25) is 0 Å². The second-order valence-corrected chi connectivity index (χ2v) is 4.70. The molecule has 19 heavy (non-hydrogen) atoms. The summed E-state index contributed by atoms with van der Waals surface area (Å²) in [6.45, 7) is 1.57. The van der Waals surface area contributed by atoms with Gasteiger partial charge in [0.1, 0.15) is 24.3 Å². The van der Waals surface area contributed by atoms with Crippen LogP contribution in [0.15, 0.2) is 24.3 Å². The Labute approximate surface area is 111 Å². The minimum atomic E-state index is -1.21. The Balaban J connectivity index is 2.21. The fourth-order valence-corrected chi connectivity index (χ4v) is 1.35. The van der Waals surface area contributed by atoms with Crippen LogP contribution >= 0.6 is 0 Å². The number of benzene rings is 1. The van der Waals surface area contributed by atoms with Gasteiger partial charge in [0, 0.05) is 13.1 Å². The van der Waals surface area contributed by atoms with Crippen LogP contribution in [0.25, 0.3) is 0 Å². The molecule has 6 heteroatoms. The van der Waals surface area contributed by atoms with Crippen molar-refractivity contribution in [2.24, 2.45) is 0 Å². The Morgan fingerprint density at radius 3 is 2.58 bits per heavy atom. The Hall–Kier alpha value is -1.21. The number of aliphatic hydroxyl groups excluding tert-OH is 2. The van der Waals surface area contributed by atoms with Crippen molar-refractivity contribution in [3.8, 4) is 5.75 Å². The highest BCUT2D eigenvalue weighted by molar-refractivity contribution is 5.22. The van der Waals surface area contributed by atoms with Crippen LogP contribution < -0.4 is 10.1 Å². The van der Waals surface area contributed by atoms with Crippen LogP contribution in [0.5, 0.6) is 5.75 Å². The quantitative estimate of drug-likeness (QED) is 0.532. The summed E-state index contributed by atoms with van der Waals surface area (Å²) >= 11 is 0. The van der Waals surface area contributed by atoms with Gasteiger partial charge in [-0.05, 0) is 31.2 Å². The fourth-order valence-electron chi connectivity index (χ4n) is 1.35. The molecule has 0 bridgehead atoms. The highest BCUT2D eigenvalue weighted by Gasteiger charge is 2.18. The predicted octanol–water partition coefficient (Wildman–Crippen LogP) is -0.102. The second kappa shape index (κ2) is 7.40. The SMILES string of the molecule is CC(O)(CO)CNCC(O)COc1ccc(F)cc1. The van der Waals surface area contributed by atoms with E-state index in [4.69, 9.17) is 9.84 Å². The fraction of sp³-hybridized carbons (Fsp3) is 0.538. The minimum Gasteiger partial charge on any atom is -0.491 e. The Kier molecular flexibility index (Phi) is 6.17. The molecule has 4 N–H and O–H groups in total. The summed E-state index contributed by atoms with van der Waals surface area (Å²) in [6.07, 6.45) is -0.764. The monoisotopic (exact) mass is 273 g/mol. The van der Waals surface area contributed by atoms with Crippen molar-refractivity contribution in [2.75, 3.05) is 26.3 Å². The van der Waals surface area contributed by atoms with E-state index in [-0.39, 0.29) is 32.1 Å². The third kappa shape index (κ3) is 6.49. The second-order valence-electron chi connectivity index (χ2n) is 4.70. The van der Waals surface area contributed by atoms with Crippen molar-refractivity contribution in [3.05, 3.63) is 30.1 Å². The lowest BCUT2D eigenvalue weighted by Gasteiger charge is -2.21. The van der Waals surface area contributed by atoms with Crippen molar-refractivity contribution < 1.29 is 24.4 Å². The highest BCUT2D eigenvalue weighted by Crippen LogP contribution is 2.11. The number of rotatable bonds is 8. The number of hydrogen-bond acceptors (Lipinski definition) is 5. The lowest BCUT2D eigenvalue weighted by Crippen LogP contribution is -2.44. The van der Waals surface area contributed by atoms with Crippen molar-refractivity contribution in [1.82, 2.24) is 5.32 Å². The minimum absolute atomic E-state index is 0.0555. The molecule has 1 rings (SSSR count). The molecule has 0 saturated heterocycles. The van der Waals surface area contributed by atoms with Gasteiger partial charge in [0.25, 0.3) is 0 Å². The van der Waals surface area contributed by atoms with Gasteiger partial charge in [0.2, 0.25) is 0 Å². The standard InChI is InChI=1S/C13H20FNO4/c1-13(18,9-16)8-15-6-11(17)7-19-12-4-2-10(14)3-5-12/h2-5,11,15-18H,6-9H2,1H3. The van der Waals surface area contributed by atoms with Crippen molar-refractivity contribution in [3.63, 3.8) is 0 Å². The zero-order valence-corrected chi connectivity index (χ0v) is 10.8. The third-order valence-electron chi connectivity index (χ3n) is 2.48. The number of ether oxygens (including phenoxy) is 1. The van der Waals surface area contributed by atoms with Gasteiger partial charge in [-0.3, -0.25) is 0 Å². The van der Waals surface area contributed by atoms with E-state index in [9.17, 15) is 14.6 Å². The van der Waals surface area contributed by atoms with Crippen LogP contribution in [-0.4, -0.2) is 53.3 Å². The van der Waals surface area contributed by atoms with Crippen LogP contribution in [0.4, 0.5) is 4.39 Å². The maximum atomic E-state index is 12.6. The summed E-state index contributed by atoms with van der Waals surface area (Å²) in [5.74, 6) is 0.128. The van der Waals surface area contributed by atoms with Gasteiger partial charge in [-0.15, -0.1) is 0 Å². The summed E-state index contributed by atoms with van der Waals surface area (Å²) in [4.78, 5) is 0. The number of aliphatic hydroxyl groups is 3. The molecule has 5 nitrogen and oxygen atoms in total. The van der Waals surface area contributed by atoms with Gasteiger partial charge in [-0.2, -0.15) is 0 Å². The average molecular weight is 273 g/mol. The molecule has 0 aliphatic rings. The topological polar surface area (TPSA) is 82.0 Å². The lowest BCUT2D eigenvalue weighted by molar-refractivity contribution is -0.000325. The zero-order valence-electron chi connectivity index (χ0n) is 10.8. The van der Waals surface area contributed by atoms with Crippen molar-refractivity contribution in [1.29, 1.82) is 0 Å². The predicted molar refractivity (Wildman–Crippen MR) is 68.5 cm³/mol. The van der Waals surface area contributed by atoms with Gasteiger partial charge in [0.05, 0.1) is 12.2 Å². The average Bonchev–Trinajstić information content (AvgIpc) is 2.38. The van der Waals surface area contributed by atoms with Gasteiger partial charge < -0.3 is 25.4 Å². The molecule has 0 amide bonds. The first-order valence-electron chi connectivity index (χ1n) is 6.03. The Morgan fingerprint density at radius 2 is 2.00 bits per heavy atom. The summed E-state index contributed by atoms with van der Waals surface area (Å²) in [5.41, 5.74) is -1.21. The van der Waals surface area contributed by atoms with E-state index in [1.807, 2.05) is 0 Å². The largest absolute Gasteiger partial charge is 0.491 e. The molecule has 0 aliphatic heterocycles. The van der Waals surface area contributed by atoms with Gasteiger partial charge in [-0.25, -0.2) is 4.39 Å². The Bertz CT molecular complexity index is 369. The summed E-state index contributed by atoms with van der Waals surface area (Å²) < 4.78 is 17.9. The first-order chi connectivity index (χ1) is 8.93. The molecule has 2 atom stereocenters. The highest BCUT2D eigenvalue weighted by atomic mass is 19.1. The zero-order chi connectivity index (χ0) is 14.3. The summed E-state index contributed by atoms with van der Waals surface area (Å²) in [7, 11) is 0. The summed E-state index contributed by atoms with van der Waals surface area (Å²) in [5, 5.41) is 30.8. The Morgan fingerprint density at radius 1 is 1.37 bits per heavy atom. The van der Waals surface area contributed by atoms with Crippen molar-refractivity contribution in [2.45, 2.75) is 18.6 Å². The van der Waals surface area contributed by atoms with E-state index in [1.165, 1.54) is 31.2 Å². The van der Waals surface area contributed by atoms with Crippen molar-refractivity contribution >= 4 is 0 Å². The maximum Gasteiger partial charge on any atom is 0.123 e. The van der Waals surface area contributed by atoms with Crippen LogP contribution in [0, 0.1) is 5.82 Å². The molecular formula is C13H20FNO4. The van der Waals surface area contributed by atoms with Crippen LogP contribution in [0.1, 0.15) is 6.92 Å². The van der Waals surface area contributed by atoms with E-state index in [0.29, 0.717) is 5.75 Å². The first-order valence-corrected chi connectivity index (χ1v) is 6.03.